The van der Waals surface area contributed by atoms with E-state index in [1.807, 2.05) is 6.92 Å². The number of para-hydroxylation sites is 1. The van der Waals surface area contributed by atoms with Crippen molar-refractivity contribution in [1.82, 2.24) is 0 Å². The van der Waals surface area contributed by atoms with Crippen molar-refractivity contribution in [2.75, 3.05) is 6.61 Å². The van der Waals surface area contributed by atoms with Crippen molar-refractivity contribution in [1.29, 1.82) is 0 Å². The lowest BCUT2D eigenvalue weighted by Gasteiger charge is -2.20. The molecule has 0 aromatic heterocycles. The zero-order chi connectivity index (χ0) is 20.0. The maximum Gasteiger partial charge on any atom is 0.417 e. The zero-order valence-electron chi connectivity index (χ0n) is 15.1. The molecule has 0 atom stereocenters. The van der Waals surface area contributed by atoms with Crippen LogP contribution in [0, 0.1) is 6.92 Å². The highest BCUT2D eigenvalue weighted by molar-refractivity contribution is 5.96. The Morgan fingerprint density at radius 3 is 2.41 bits per heavy atom. The molecule has 7 heteroatoms. The largest absolute Gasteiger partial charge is 0.493 e. The second-order valence-electron chi connectivity index (χ2n) is 5.97. The van der Waals surface area contributed by atoms with E-state index in [0.717, 1.165) is 12.5 Å². The molecule has 0 radical (unpaired) electrons. The predicted octanol–water partition coefficient (Wildman–Crippen LogP) is 4.90. The summed E-state index contributed by atoms with van der Waals surface area (Å²) in [6.45, 7) is 2.52. The molecule has 2 rings (SSSR count). The fourth-order valence-corrected chi connectivity index (χ4v) is 2.71. The number of rotatable bonds is 7. The van der Waals surface area contributed by atoms with E-state index in [-0.39, 0.29) is 34.8 Å². The third kappa shape index (κ3) is 5.01. The summed E-state index contributed by atoms with van der Waals surface area (Å²) in [7, 11) is 0. The molecule has 0 amide bonds. The maximum atomic E-state index is 13.5. The number of ether oxygens (including phenoxy) is 2. The van der Waals surface area contributed by atoms with Crippen LogP contribution < -0.4 is 9.47 Å². The number of hydrogen-bond donors (Lipinski definition) is 1. The van der Waals surface area contributed by atoms with Crippen LogP contribution in [0.4, 0.5) is 13.2 Å². The number of carbonyl (C=O) groups is 1. The van der Waals surface area contributed by atoms with Gasteiger partial charge in [-0.3, -0.25) is 0 Å². The van der Waals surface area contributed by atoms with Crippen LogP contribution >= 0.6 is 0 Å². The molecule has 146 valence electrons. The highest BCUT2D eigenvalue weighted by Gasteiger charge is 2.38. The topological polar surface area (TPSA) is 55.8 Å². The lowest BCUT2D eigenvalue weighted by atomic mass is 9.95. The Balaban J connectivity index is 2.54. The van der Waals surface area contributed by atoms with E-state index in [1.165, 1.54) is 19.1 Å². The summed E-state index contributed by atoms with van der Waals surface area (Å²) in [5, 5.41) is 9.40. The van der Waals surface area contributed by atoms with Crippen molar-refractivity contribution in [3.05, 3.63) is 58.7 Å². The highest BCUT2D eigenvalue weighted by atomic mass is 19.4. The van der Waals surface area contributed by atoms with Gasteiger partial charge in [0.25, 0.3) is 0 Å². The van der Waals surface area contributed by atoms with Gasteiger partial charge in [-0.1, -0.05) is 31.5 Å². The fraction of sp³-hybridized carbons (Fsp3) is 0.350. The maximum absolute atomic E-state index is 13.5. The minimum Gasteiger partial charge on any atom is -0.493 e. The minimum absolute atomic E-state index is 0.0288. The standard InChI is InChI=1S/C20H21F3O4/c1-3-4-10-26-16-11-14(12-24)18(20(21,22)23)13(2)17(16)19(25)27-15-8-6-5-7-9-15/h5-9,11,24H,3-4,10,12H2,1-2H3. The average Bonchev–Trinajstić information content (AvgIpc) is 2.61. The van der Waals surface area contributed by atoms with Crippen molar-refractivity contribution in [3.8, 4) is 11.5 Å². The second-order valence-corrected chi connectivity index (χ2v) is 5.97. The Morgan fingerprint density at radius 1 is 1.19 bits per heavy atom. The first kappa shape index (κ1) is 20.8. The monoisotopic (exact) mass is 382 g/mol. The summed E-state index contributed by atoms with van der Waals surface area (Å²) in [6, 6.07) is 9.12. The molecule has 2 aromatic carbocycles. The molecule has 0 aliphatic carbocycles. The van der Waals surface area contributed by atoms with E-state index in [1.54, 1.807) is 18.2 Å². The summed E-state index contributed by atoms with van der Waals surface area (Å²) >= 11 is 0. The summed E-state index contributed by atoms with van der Waals surface area (Å²) in [5.74, 6) is -0.764. The van der Waals surface area contributed by atoms with E-state index in [0.29, 0.717) is 6.42 Å². The first-order valence-corrected chi connectivity index (χ1v) is 8.54. The van der Waals surface area contributed by atoms with Crippen LogP contribution in [0.3, 0.4) is 0 Å². The number of benzene rings is 2. The summed E-state index contributed by atoms with van der Waals surface area (Å²) in [4.78, 5) is 12.6. The Morgan fingerprint density at radius 2 is 1.85 bits per heavy atom. The van der Waals surface area contributed by atoms with Gasteiger partial charge in [0.05, 0.1) is 18.8 Å². The van der Waals surface area contributed by atoms with Gasteiger partial charge in [-0.15, -0.1) is 0 Å². The lowest BCUT2D eigenvalue weighted by molar-refractivity contribution is -0.139. The van der Waals surface area contributed by atoms with Gasteiger partial charge < -0.3 is 14.6 Å². The Kier molecular flexibility index (Phi) is 6.85. The van der Waals surface area contributed by atoms with Crippen LogP contribution in [0.1, 0.15) is 46.8 Å². The number of unbranched alkanes of at least 4 members (excludes halogenated alkanes) is 1. The SMILES string of the molecule is CCCCOc1cc(CO)c(C(F)(F)F)c(C)c1C(=O)Oc1ccccc1. The van der Waals surface area contributed by atoms with E-state index in [4.69, 9.17) is 9.47 Å². The number of aliphatic hydroxyl groups is 1. The molecule has 0 fully saturated rings. The van der Waals surface area contributed by atoms with Gasteiger partial charge in [0.2, 0.25) is 0 Å². The summed E-state index contributed by atoms with van der Waals surface area (Å²) < 4.78 is 51.3. The fourth-order valence-electron chi connectivity index (χ4n) is 2.71. The molecule has 0 saturated carbocycles. The van der Waals surface area contributed by atoms with Gasteiger partial charge in [-0.25, -0.2) is 4.79 Å². The average molecular weight is 382 g/mol. The van der Waals surface area contributed by atoms with Gasteiger partial charge in [0, 0.05) is 0 Å². The second kappa shape index (κ2) is 8.90. The normalized spacial score (nSPS) is 11.3. The number of hydrogen-bond acceptors (Lipinski definition) is 4. The smallest absolute Gasteiger partial charge is 0.417 e. The first-order valence-electron chi connectivity index (χ1n) is 8.54. The number of halogens is 3. The first-order chi connectivity index (χ1) is 12.8. The molecule has 0 aliphatic rings. The quantitative estimate of drug-likeness (QED) is 0.420. The third-order valence-corrected chi connectivity index (χ3v) is 3.99. The molecular weight excluding hydrogens is 361 g/mol. The molecule has 0 bridgehead atoms. The summed E-state index contributed by atoms with van der Waals surface area (Å²) in [6.07, 6.45) is -3.25. The molecule has 27 heavy (non-hydrogen) atoms. The van der Waals surface area contributed by atoms with E-state index in [2.05, 4.69) is 0 Å². The van der Waals surface area contributed by atoms with Crippen molar-refractivity contribution >= 4 is 5.97 Å². The zero-order valence-corrected chi connectivity index (χ0v) is 15.1. The van der Waals surface area contributed by atoms with Crippen molar-refractivity contribution in [2.45, 2.75) is 39.5 Å². The van der Waals surface area contributed by atoms with Crippen LogP contribution in [0.25, 0.3) is 0 Å². The number of aliphatic hydroxyl groups excluding tert-OH is 1. The van der Waals surface area contributed by atoms with Crippen LogP contribution in [-0.2, 0) is 12.8 Å². The van der Waals surface area contributed by atoms with Gasteiger partial charge in [-0.2, -0.15) is 13.2 Å². The highest BCUT2D eigenvalue weighted by Crippen LogP contribution is 2.40. The van der Waals surface area contributed by atoms with Gasteiger partial charge in [-0.05, 0) is 42.7 Å². The van der Waals surface area contributed by atoms with Crippen LogP contribution in [0.2, 0.25) is 0 Å². The third-order valence-electron chi connectivity index (χ3n) is 3.99. The Bertz CT molecular complexity index is 786. The molecule has 0 spiro atoms. The van der Waals surface area contributed by atoms with E-state index < -0.39 is 24.3 Å². The van der Waals surface area contributed by atoms with Gasteiger partial charge in [0.1, 0.15) is 17.1 Å². The van der Waals surface area contributed by atoms with Crippen LogP contribution in [-0.4, -0.2) is 17.7 Å². The van der Waals surface area contributed by atoms with E-state index >= 15 is 0 Å². The summed E-state index contributed by atoms with van der Waals surface area (Å²) in [5.41, 5.74) is -2.02. The Hall–Kier alpha value is -2.54. The number of alkyl halides is 3. The molecule has 4 nitrogen and oxygen atoms in total. The van der Waals surface area contributed by atoms with Crippen LogP contribution in [0.15, 0.2) is 36.4 Å². The molecule has 0 aliphatic heterocycles. The van der Waals surface area contributed by atoms with Gasteiger partial charge in [0.15, 0.2) is 0 Å². The molecule has 0 unspecified atom stereocenters. The van der Waals surface area contributed by atoms with Crippen LogP contribution in [0.5, 0.6) is 11.5 Å². The minimum atomic E-state index is -4.73. The van der Waals surface area contributed by atoms with Crippen molar-refractivity contribution < 1.29 is 32.5 Å². The van der Waals surface area contributed by atoms with E-state index in [9.17, 15) is 23.1 Å². The molecular formula is C20H21F3O4. The lowest BCUT2D eigenvalue weighted by Crippen LogP contribution is -2.19. The Labute approximate surface area is 155 Å². The van der Waals surface area contributed by atoms with Gasteiger partial charge >= 0.3 is 12.1 Å². The number of carbonyl (C=O) groups excluding carboxylic acids is 1. The molecule has 1 N–H and O–H groups in total. The van der Waals surface area contributed by atoms with Crippen molar-refractivity contribution in [3.63, 3.8) is 0 Å². The van der Waals surface area contributed by atoms with Crippen molar-refractivity contribution in [2.24, 2.45) is 0 Å². The molecule has 0 saturated heterocycles. The molecule has 2 aromatic rings. The number of esters is 1. The predicted molar refractivity (Wildman–Crippen MR) is 93.9 cm³/mol. The molecule has 0 heterocycles.